The van der Waals surface area contributed by atoms with Crippen LogP contribution in [-0.2, 0) is 13.6 Å². The van der Waals surface area contributed by atoms with Gasteiger partial charge in [0.05, 0.1) is 18.3 Å². The molecule has 1 atom stereocenters. The molecular weight excluding hydrogens is 352 g/mol. The number of benzene rings is 1. The van der Waals surface area contributed by atoms with Crippen LogP contribution in [0.4, 0.5) is 0 Å². The molecule has 0 fully saturated rings. The molecule has 1 heterocycles. The largest absolute Gasteiger partial charge is 0.491 e. The fourth-order valence-electron chi connectivity index (χ4n) is 2.98. The van der Waals surface area contributed by atoms with Crippen LogP contribution in [0.3, 0.4) is 0 Å². The minimum Gasteiger partial charge on any atom is -0.491 e. The molecule has 0 bridgehead atoms. The van der Waals surface area contributed by atoms with Crippen molar-refractivity contribution in [3.05, 3.63) is 47.3 Å². The topological polar surface area (TPSA) is 66.7 Å². The minimum atomic E-state index is 0.137. The molecule has 1 aromatic carbocycles. The zero-order valence-electron chi connectivity index (χ0n) is 18.2. The molecule has 7 heteroatoms. The van der Waals surface area contributed by atoms with Gasteiger partial charge in [0.15, 0.2) is 5.96 Å². The summed E-state index contributed by atoms with van der Waals surface area (Å²) in [5.41, 5.74) is 3.47. The van der Waals surface area contributed by atoms with Gasteiger partial charge in [0, 0.05) is 44.5 Å². The first-order valence-corrected chi connectivity index (χ1v) is 9.65. The van der Waals surface area contributed by atoms with Gasteiger partial charge in [0.25, 0.3) is 0 Å². The summed E-state index contributed by atoms with van der Waals surface area (Å²) in [4.78, 5) is 6.53. The lowest BCUT2D eigenvalue weighted by atomic mass is 10.1. The molecule has 7 nitrogen and oxygen atoms in total. The lowest BCUT2D eigenvalue weighted by molar-refractivity contribution is 0.239. The fourth-order valence-corrected chi connectivity index (χ4v) is 2.98. The predicted octanol–water partition coefficient (Wildman–Crippen LogP) is 2.48. The molecule has 0 aliphatic carbocycles. The maximum Gasteiger partial charge on any atom is 0.191 e. The molecule has 0 radical (unpaired) electrons. The van der Waals surface area contributed by atoms with Crippen LogP contribution in [0.2, 0.25) is 0 Å². The average molecular weight is 387 g/mol. The van der Waals surface area contributed by atoms with Crippen molar-refractivity contribution in [2.45, 2.75) is 39.5 Å². The fraction of sp³-hybridized carbons (Fsp3) is 0.524. The molecule has 0 amide bonds. The monoisotopic (exact) mass is 386 g/mol. The molecule has 2 N–H and O–H groups in total. The number of rotatable bonds is 8. The quantitative estimate of drug-likeness (QED) is 0.539. The summed E-state index contributed by atoms with van der Waals surface area (Å²) in [5.74, 6) is 1.67. The summed E-state index contributed by atoms with van der Waals surface area (Å²) in [5, 5.41) is 11.1. The highest BCUT2D eigenvalue weighted by Crippen LogP contribution is 2.21. The molecule has 154 valence electrons. The first-order valence-electron chi connectivity index (χ1n) is 9.65. The third-order valence-corrected chi connectivity index (χ3v) is 4.45. The van der Waals surface area contributed by atoms with E-state index in [4.69, 9.17) is 4.74 Å². The number of ether oxygens (including phenoxy) is 1. The van der Waals surface area contributed by atoms with Crippen molar-refractivity contribution in [3.8, 4) is 5.75 Å². The van der Waals surface area contributed by atoms with Gasteiger partial charge in [-0.2, -0.15) is 5.10 Å². The lowest BCUT2D eigenvalue weighted by Gasteiger charge is -2.24. The van der Waals surface area contributed by atoms with Crippen LogP contribution in [0.5, 0.6) is 5.75 Å². The Hall–Kier alpha value is -2.54. The second kappa shape index (κ2) is 10.1. The van der Waals surface area contributed by atoms with E-state index in [2.05, 4.69) is 64.8 Å². The summed E-state index contributed by atoms with van der Waals surface area (Å²) >= 11 is 0. The van der Waals surface area contributed by atoms with Crippen LogP contribution in [0.1, 0.15) is 36.6 Å². The van der Waals surface area contributed by atoms with Gasteiger partial charge in [0.1, 0.15) is 5.75 Å². The summed E-state index contributed by atoms with van der Waals surface area (Å²) in [6.07, 6.45) is 4.09. The van der Waals surface area contributed by atoms with Gasteiger partial charge in [-0.1, -0.05) is 12.1 Å². The Morgan fingerprint density at radius 1 is 1.29 bits per heavy atom. The number of hydrogen-bond acceptors (Lipinski definition) is 4. The van der Waals surface area contributed by atoms with Gasteiger partial charge in [-0.3, -0.25) is 9.67 Å². The molecular formula is C21H34N6O. The number of aromatic nitrogens is 2. The Labute approximate surface area is 168 Å². The van der Waals surface area contributed by atoms with Crippen LogP contribution in [-0.4, -0.2) is 54.4 Å². The third kappa shape index (κ3) is 6.27. The van der Waals surface area contributed by atoms with Crippen LogP contribution in [0.25, 0.3) is 0 Å². The van der Waals surface area contributed by atoms with Gasteiger partial charge >= 0.3 is 0 Å². The number of hydrogen-bond donors (Lipinski definition) is 2. The van der Waals surface area contributed by atoms with Crippen LogP contribution < -0.4 is 15.4 Å². The zero-order chi connectivity index (χ0) is 20.7. The molecule has 0 saturated carbocycles. The van der Waals surface area contributed by atoms with Crippen molar-refractivity contribution in [2.24, 2.45) is 12.0 Å². The molecule has 0 spiro atoms. The Morgan fingerprint density at radius 3 is 2.61 bits per heavy atom. The van der Waals surface area contributed by atoms with Crippen molar-refractivity contribution >= 4 is 5.96 Å². The SMILES string of the molecule is CN=C(NCc1ccc(C)cc1OC(C)C)NCC(c1cnn(C)c1)N(C)C. The predicted molar refractivity (Wildman–Crippen MR) is 115 cm³/mol. The molecule has 0 aliphatic heterocycles. The van der Waals surface area contributed by atoms with Gasteiger partial charge in [-0.05, 0) is 46.5 Å². The zero-order valence-corrected chi connectivity index (χ0v) is 18.2. The van der Waals surface area contributed by atoms with Crippen LogP contribution >= 0.6 is 0 Å². The maximum atomic E-state index is 5.97. The van der Waals surface area contributed by atoms with E-state index in [1.54, 1.807) is 7.05 Å². The Morgan fingerprint density at radius 2 is 2.04 bits per heavy atom. The smallest absolute Gasteiger partial charge is 0.191 e. The number of likely N-dealkylation sites (N-methyl/N-ethyl adjacent to an activating group) is 1. The Kier molecular flexibility index (Phi) is 7.87. The second-order valence-electron chi connectivity index (χ2n) is 7.51. The standard InChI is InChI=1S/C21H34N6O/c1-15(2)28-20-10-16(3)8-9-17(20)11-23-21(22-4)24-13-19(26(5)6)18-12-25-27(7)14-18/h8-10,12,14-15,19H,11,13H2,1-7H3,(H2,22,23,24). The summed E-state index contributed by atoms with van der Waals surface area (Å²) in [7, 11) is 7.85. The maximum absolute atomic E-state index is 5.97. The van der Waals surface area contributed by atoms with E-state index in [-0.39, 0.29) is 12.1 Å². The van der Waals surface area contributed by atoms with E-state index in [1.807, 2.05) is 38.0 Å². The van der Waals surface area contributed by atoms with Gasteiger partial charge in [-0.25, -0.2) is 0 Å². The lowest BCUT2D eigenvalue weighted by Crippen LogP contribution is -2.41. The molecule has 28 heavy (non-hydrogen) atoms. The van der Waals surface area contributed by atoms with E-state index in [0.29, 0.717) is 6.54 Å². The normalized spacial score (nSPS) is 13.1. The van der Waals surface area contributed by atoms with E-state index in [1.165, 1.54) is 11.1 Å². The molecule has 1 aromatic heterocycles. The van der Waals surface area contributed by atoms with Crippen molar-refractivity contribution in [1.29, 1.82) is 0 Å². The Bertz CT molecular complexity index is 781. The van der Waals surface area contributed by atoms with E-state index in [0.717, 1.165) is 23.8 Å². The van der Waals surface area contributed by atoms with Gasteiger partial charge in [0.2, 0.25) is 0 Å². The molecule has 0 saturated heterocycles. The highest BCUT2D eigenvalue weighted by atomic mass is 16.5. The summed E-state index contributed by atoms with van der Waals surface area (Å²) < 4.78 is 7.79. The van der Waals surface area contributed by atoms with E-state index >= 15 is 0 Å². The van der Waals surface area contributed by atoms with E-state index < -0.39 is 0 Å². The molecule has 2 aromatic rings. The number of guanidine groups is 1. The highest BCUT2D eigenvalue weighted by molar-refractivity contribution is 5.79. The minimum absolute atomic E-state index is 0.137. The highest BCUT2D eigenvalue weighted by Gasteiger charge is 2.16. The second-order valence-corrected chi connectivity index (χ2v) is 7.51. The first-order chi connectivity index (χ1) is 13.3. The van der Waals surface area contributed by atoms with Crippen molar-refractivity contribution < 1.29 is 4.74 Å². The first kappa shape index (κ1) is 21.8. The molecule has 2 rings (SSSR count). The molecule has 0 aliphatic rings. The number of aliphatic imine (C=N–C) groups is 1. The average Bonchev–Trinajstić information content (AvgIpc) is 3.04. The molecule has 1 unspecified atom stereocenters. The Balaban J connectivity index is 1.99. The van der Waals surface area contributed by atoms with Crippen LogP contribution in [0.15, 0.2) is 35.6 Å². The van der Waals surface area contributed by atoms with Gasteiger partial charge < -0.3 is 20.3 Å². The van der Waals surface area contributed by atoms with Gasteiger partial charge in [-0.15, -0.1) is 0 Å². The number of nitrogens with one attached hydrogen (secondary N) is 2. The number of nitrogens with zero attached hydrogens (tertiary/aromatic N) is 4. The summed E-state index contributed by atoms with van der Waals surface area (Å²) in [6.45, 7) is 7.52. The van der Waals surface area contributed by atoms with Crippen LogP contribution in [0, 0.1) is 6.92 Å². The number of aryl methyl sites for hydroxylation is 2. The van der Waals surface area contributed by atoms with Crippen molar-refractivity contribution in [2.75, 3.05) is 27.7 Å². The van der Waals surface area contributed by atoms with E-state index in [9.17, 15) is 0 Å². The van der Waals surface area contributed by atoms with Crippen molar-refractivity contribution in [3.63, 3.8) is 0 Å². The van der Waals surface area contributed by atoms with Crippen molar-refractivity contribution in [1.82, 2.24) is 25.3 Å². The third-order valence-electron chi connectivity index (χ3n) is 4.45. The summed E-state index contributed by atoms with van der Waals surface area (Å²) in [6, 6.07) is 6.49.